The van der Waals surface area contributed by atoms with Crippen LogP contribution in [-0.4, -0.2) is 58.0 Å². The Bertz CT molecular complexity index is 1640. The summed E-state index contributed by atoms with van der Waals surface area (Å²) in [7, 11) is 0. The number of aromatic nitrogens is 3. The molecule has 0 unspecified atom stereocenters. The van der Waals surface area contributed by atoms with Gasteiger partial charge in [0.2, 0.25) is 0 Å². The second kappa shape index (κ2) is 11.8. The lowest BCUT2D eigenvalue weighted by molar-refractivity contribution is 0.0240. The Balaban J connectivity index is 1.37. The molecule has 0 spiro atoms. The average molecular weight is 616 g/mol. The molecule has 1 amide bonds. The van der Waals surface area contributed by atoms with Crippen LogP contribution >= 0.6 is 34.8 Å². The lowest BCUT2D eigenvalue weighted by Gasteiger charge is -2.37. The van der Waals surface area contributed by atoms with Crippen molar-refractivity contribution in [1.29, 1.82) is 0 Å². The molecule has 1 aliphatic heterocycles. The Labute approximate surface area is 252 Å². The molecule has 0 saturated carbocycles. The SMILES string of the molecule is CC(C)(C)OC(=O)N1CCN(c2ccc(Nc3nc(Cc4c(Cl)cccc4Cl)cc4cn[nH]c(=O)c34)cc2Cl)CC1. The summed E-state index contributed by atoms with van der Waals surface area (Å²) in [5, 5.41) is 12.3. The van der Waals surface area contributed by atoms with Gasteiger partial charge >= 0.3 is 6.09 Å². The quantitative estimate of drug-likeness (QED) is 0.258. The molecule has 1 saturated heterocycles. The minimum Gasteiger partial charge on any atom is -0.444 e. The number of aromatic amines is 1. The second-order valence-corrected chi connectivity index (χ2v) is 12.0. The first-order valence-corrected chi connectivity index (χ1v) is 14.2. The number of H-pyrrole nitrogens is 1. The van der Waals surface area contributed by atoms with Gasteiger partial charge < -0.3 is 19.9 Å². The highest BCUT2D eigenvalue weighted by Gasteiger charge is 2.26. The summed E-state index contributed by atoms with van der Waals surface area (Å²) in [5.74, 6) is 0.360. The summed E-state index contributed by atoms with van der Waals surface area (Å²) < 4.78 is 5.49. The van der Waals surface area contributed by atoms with E-state index in [0.29, 0.717) is 75.6 Å². The van der Waals surface area contributed by atoms with Crippen molar-refractivity contribution in [3.63, 3.8) is 0 Å². The van der Waals surface area contributed by atoms with Crippen LogP contribution in [0.15, 0.2) is 53.5 Å². The van der Waals surface area contributed by atoms with Crippen LogP contribution in [0.4, 0.5) is 22.0 Å². The molecular formula is C29H29Cl3N6O3. The highest BCUT2D eigenvalue weighted by molar-refractivity contribution is 6.36. The maximum Gasteiger partial charge on any atom is 0.410 e. The van der Waals surface area contributed by atoms with Crippen LogP contribution in [0.3, 0.4) is 0 Å². The molecule has 2 aromatic carbocycles. The minimum absolute atomic E-state index is 0.313. The molecule has 0 atom stereocenters. The minimum atomic E-state index is -0.539. The molecule has 214 valence electrons. The monoisotopic (exact) mass is 614 g/mol. The first kappa shape index (κ1) is 29.0. The first-order valence-electron chi connectivity index (χ1n) is 13.1. The molecule has 1 aliphatic rings. The molecule has 12 heteroatoms. The number of ether oxygens (including phenoxy) is 1. The van der Waals surface area contributed by atoms with E-state index < -0.39 is 5.60 Å². The maximum atomic E-state index is 12.7. The zero-order valence-electron chi connectivity index (χ0n) is 22.8. The topological polar surface area (TPSA) is 103 Å². The van der Waals surface area contributed by atoms with Gasteiger partial charge in [-0.3, -0.25) is 4.79 Å². The fourth-order valence-electron chi connectivity index (χ4n) is 4.67. The zero-order valence-corrected chi connectivity index (χ0v) is 25.1. The third kappa shape index (κ3) is 6.69. The lowest BCUT2D eigenvalue weighted by atomic mass is 10.1. The van der Waals surface area contributed by atoms with E-state index in [-0.39, 0.29) is 11.7 Å². The fourth-order valence-corrected chi connectivity index (χ4v) is 5.51. The number of carbonyl (C=O) groups is 1. The Kier molecular flexibility index (Phi) is 8.31. The Morgan fingerprint density at radius 3 is 2.39 bits per heavy atom. The summed E-state index contributed by atoms with van der Waals surface area (Å²) in [6, 6.07) is 12.7. The molecule has 41 heavy (non-hydrogen) atoms. The van der Waals surface area contributed by atoms with Gasteiger partial charge in [0.1, 0.15) is 11.4 Å². The standard InChI is InChI=1S/C29H29Cl3N6O3/c1-29(2,3)41-28(40)38-11-9-37(10-12-38)24-8-7-18(15-23(24)32)34-26-25-17(16-33-36-27(25)39)13-19(35-26)14-20-21(30)5-4-6-22(20)31/h4-8,13,15-16H,9-12,14H2,1-3H3,(H,34,35)(H,36,39). The Hall–Kier alpha value is -3.53. The van der Waals surface area contributed by atoms with Crippen LogP contribution < -0.4 is 15.8 Å². The van der Waals surface area contributed by atoms with E-state index >= 15 is 0 Å². The highest BCUT2D eigenvalue weighted by Crippen LogP contribution is 2.33. The smallest absolute Gasteiger partial charge is 0.410 e. The Morgan fingerprint density at radius 1 is 1.02 bits per heavy atom. The van der Waals surface area contributed by atoms with Gasteiger partial charge in [0.05, 0.1) is 22.3 Å². The van der Waals surface area contributed by atoms with Crippen LogP contribution in [0, 0.1) is 0 Å². The van der Waals surface area contributed by atoms with Crippen LogP contribution in [0.1, 0.15) is 32.0 Å². The zero-order chi connectivity index (χ0) is 29.3. The lowest BCUT2D eigenvalue weighted by Crippen LogP contribution is -2.50. The van der Waals surface area contributed by atoms with Crippen LogP contribution in [0.2, 0.25) is 15.1 Å². The number of anilines is 3. The van der Waals surface area contributed by atoms with E-state index in [9.17, 15) is 9.59 Å². The first-order chi connectivity index (χ1) is 19.5. The predicted octanol–water partition coefficient (Wildman–Crippen LogP) is 6.67. The van der Waals surface area contributed by atoms with E-state index in [4.69, 9.17) is 44.5 Å². The number of benzene rings is 2. The van der Waals surface area contributed by atoms with E-state index in [1.807, 2.05) is 32.9 Å². The largest absolute Gasteiger partial charge is 0.444 e. The summed E-state index contributed by atoms with van der Waals surface area (Å²) >= 11 is 19.5. The fraction of sp³-hybridized carbons (Fsp3) is 0.310. The second-order valence-electron chi connectivity index (χ2n) is 10.7. The van der Waals surface area contributed by atoms with E-state index in [1.165, 1.54) is 0 Å². The van der Waals surface area contributed by atoms with Crippen molar-refractivity contribution in [1.82, 2.24) is 20.1 Å². The number of rotatable bonds is 5. The third-order valence-corrected chi connectivity index (χ3v) is 7.61. The van der Waals surface area contributed by atoms with Crippen molar-refractivity contribution in [3.8, 4) is 0 Å². The van der Waals surface area contributed by atoms with Gasteiger partial charge in [-0.1, -0.05) is 40.9 Å². The molecule has 3 heterocycles. The predicted molar refractivity (Wildman–Crippen MR) is 164 cm³/mol. The van der Waals surface area contributed by atoms with Crippen LogP contribution in [0.25, 0.3) is 10.8 Å². The van der Waals surface area contributed by atoms with Gasteiger partial charge in [0, 0.05) is 59.4 Å². The van der Waals surface area contributed by atoms with Crippen molar-refractivity contribution >= 4 is 68.9 Å². The summed E-state index contributed by atoms with van der Waals surface area (Å²) in [4.78, 5) is 33.7. The number of piperazine rings is 1. The van der Waals surface area contributed by atoms with Crippen LogP contribution in [-0.2, 0) is 11.2 Å². The van der Waals surface area contributed by atoms with Gasteiger partial charge in [-0.15, -0.1) is 0 Å². The number of nitrogens with zero attached hydrogens (tertiary/aromatic N) is 4. The molecule has 4 aromatic rings. The normalized spacial score (nSPS) is 13.9. The summed E-state index contributed by atoms with van der Waals surface area (Å²) in [5.41, 5.74) is 2.00. The van der Waals surface area contributed by atoms with Gasteiger partial charge in [0.15, 0.2) is 0 Å². The van der Waals surface area contributed by atoms with E-state index in [1.54, 1.807) is 41.4 Å². The van der Waals surface area contributed by atoms with Crippen molar-refractivity contribution < 1.29 is 9.53 Å². The highest BCUT2D eigenvalue weighted by atomic mass is 35.5. The summed E-state index contributed by atoms with van der Waals surface area (Å²) in [6.07, 6.45) is 1.63. The molecule has 1 fully saturated rings. The molecule has 2 N–H and O–H groups in total. The summed E-state index contributed by atoms with van der Waals surface area (Å²) in [6.45, 7) is 7.85. The van der Waals surface area contributed by atoms with E-state index in [0.717, 1.165) is 11.3 Å². The number of fused-ring (bicyclic) bond motifs is 1. The van der Waals surface area contributed by atoms with Crippen molar-refractivity contribution in [2.24, 2.45) is 0 Å². The molecular weight excluding hydrogens is 587 g/mol. The van der Waals surface area contributed by atoms with Crippen molar-refractivity contribution in [3.05, 3.63) is 85.3 Å². The molecule has 5 rings (SSSR count). The molecule has 9 nitrogen and oxygen atoms in total. The number of hydrogen-bond donors (Lipinski definition) is 2. The molecule has 0 bridgehead atoms. The average Bonchev–Trinajstić information content (AvgIpc) is 2.90. The number of carbonyl (C=O) groups excluding carboxylic acids is 1. The number of pyridine rings is 1. The van der Waals surface area contributed by atoms with Crippen molar-refractivity contribution in [2.45, 2.75) is 32.8 Å². The van der Waals surface area contributed by atoms with Crippen LogP contribution in [0.5, 0.6) is 0 Å². The number of hydrogen-bond acceptors (Lipinski definition) is 7. The van der Waals surface area contributed by atoms with Gasteiger partial charge in [-0.2, -0.15) is 5.10 Å². The third-order valence-electron chi connectivity index (χ3n) is 6.60. The number of amides is 1. The Morgan fingerprint density at radius 2 is 1.73 bits per heavy atom. The molecule has 2 aromatic heterocycles. The van der Waals surface area contributed by atoms with Gasteiger partial charge in [0.25, 0.3) is 5.56 Å². The van der Waals surface area contributed by atoms with Gasteiger partial charge in [-0.05, 0) is 62.7 Å². The maximum absolute atomic E-state index is 12.7. The van der Waals surface area contributed by atoms with Gasteiger partial charge in [-0.25, -0.2) is 14.9 Å². The molecule has 0 radical (unpaired) electrons. The van der Waals surface area contributed by atoms with E-state index in [2.05, 4.69) is 20.4 Å². The molecule has 0 aliphatic carbocycles. The van der Waals surface area contributed by atoms with Crippen molar-refractivity contribution in [2.75, 3.05) is 36.4 Å². The number of halogens is 3. The number of nitrogens with one attached hydrogen (secondary N) is 2.